The maximum absolute atomic E-state index is 5.09. The van der Waals surface area contributed by atoms with Crippen LogP contribution in [0.3, 0.4) is 0 Å². The Kier molecular flexibility index (Phi) is 3.82. The number of aromatic nitrogens is 2. The van der Waals surface area contributed by atoms with Crippen molar-refractivity contribution in [2.45, 2.75) is 31.7 Å². The molecule has 0 amide bonds. The van der Waals surface area contributed by atoms with Crippen LogP contribution >= 0.6 is 0 Å². The molecule has 104 valence electrons. The molecule has 1 N–H and O–H groups in total. The molecule has 2 fully saturated rings. The van der Waals surface area contributed by atoms with Gasteiger partial charge in [0.15, 0.2) is 5.75 Å². The summed E-state index contributed by atoms with van der Waals surface area (Å²) < 4.78 is 5.09. The Morgan fingerprint density at radius 3 is 2.53 bits per heavy atom. The summed E-state index contributed by atoms with van der Waals surface area (Å²) in [6.45, 7) is 3.33. The third-order valence-electron chi connectivity index (χ3n) is 4.34. The van der Waals surface area contributed by atoms with Crippen LogP contribution in [0.25, 0.3) is 0 Å². The molecule has 0 spiro atoms. The van der Waals surface area contributed by atoms with Gasteiger partial charge in [0.1, 0.15) is 0 Å². The molecule has 2 aliphatic heterocycles. The Morgan fingerprint density at radius 2 is 1.95 bits per heavy atom. The van der Waals surface area contributed by atoms with Crippen LogP contribution in [-0.2, 0) is 0 Å². The van der Waals surface area contributed by atoms with E-state index in [9.17, 15) is 0 Å². The van der Waals surface area contributed by atoms with Crippen molar-refractivity contribution in [1.82, 2.24) is 15.3 Å². The summed E-state index contributed by atoms with van der Waals surface area (Å²) in [6, 6.07) is 0.749. The van der Waals surface area contributed by atoms with Crippen molar-refractivity contribution in [3.8, 4) is 5.75 Å². The molecule has 2 aliphatic rings. The fourth-order valence-electron chi connectivity index (χ4n) is 3.19. The number of piperidine rings is 1. The zero-order valence-corrected chi connectivity index (χ0v) is 11.5. The lowest BCUT2D eigenvalue weighted by molar-refractivity contribution is 0.317. The summed E-state index contributed by atoms with van der Waals surface area (Å²) in [4.78, 5) is 11.0. The SMILES string of the molecule is COc1cnc(N2CCC(C3CCCN3)CC2)nc1. The van der Waals surface area contributed by atoms with Crippen LogP contribution in [0, 0.1) is 5.92 Å². The van der Waals surface area contributed by atoms with Gasteiger partial charge in [-0.1, -0.05) is 0 Å². The van der Waals surface area contributed by atoms with Crippen molar-refractivity contribution >= 4 is 5.95 Å². The molecular weight excluding hydrogens is 240 g/mol. The number of rotatable bonds is 3. The van der Waals surface area contributed by atoms with Crippen molar-refractivity contribution in [2.75, 3.05) is 31.6 Å². The number of nitrogens with one attached hydrogen (secondary N) is 1. The second kappa shape index (κ2) is 5.74. The van der Waals surface area contributed by atoms with Gasteiger partial charge in [0, 0.05) is 19.1 Å². The largest absolute Gasteiger partial charge is 0.494 e. The van der Waals surface area contributed by atoms with Gasteiger partial charge >= 0.3 is 0 Å². The molecule has 0 aliphatic carbocycles. The third-order valence-corrected chi connectivity index (χ3v) is 4.34. The summed E-state index contributed by atoms with van der Waals surface area (Å²) in [5.41, 5.74) is 0. The number of anilines is 1. The van der Waals surface area contributed by atoms with E-state index >= 15 is 0 Å². The standard InChI is InChI=1S/C14H22N4O/c1-19-12-9-16-14(17-10-12)18-7-4-11(5-8-18)13-3-2-6-15-13/h9-11,13,15H,2-8H2,1H3. The Morgan fingerprint density at radius 1 is 1.21 bits per heavy atom. The van der Waals surface area contributed by atoms with E-state index < -0.39 is 0 Å². The number of hydrogen-bond donors (Lipinski definition) is 1. The number of hydrogen-bond acceptors (Lipinski definition) is 5. The molecule has 3 heterocycles. The topological polar surface area (TPSA) is 50.3 Å². The van der Waals surface area contributed by atoms with Crippen molar-refractivity contribution in [3.63, 3.8) is 0 Å². The molecule has 0 radical (unpaired) electrons. The first kappa shape index (κ1) is 12.7. The second-order valence-corrected chi connectivity index (χ2v) is 5.45. The van der Waals surface area contributed by atoms with Crippen molar-refractivity contribution in [3.05, 3.63) is 12.4 Å². The van der Waals surface area contributed by atoms with Crippen LogP contribution in [0.15, 0.2) is 12.4 Å². The third kappa shape index (κ3) is 2.81. The summed E-state index contributed by atoms with van der Waals surface area (Å²) in [6.07, 6.45) is 8.66. The predicted molar refractivity (Wildman–Crippen MR) is 74.5 cm³/mol. The molecule has 3 rings (SSSR count). The molecular formula is C14H22N4O. The molecule has 1 aromatic heterocycles. The highest BCUT2D eigenvalue weighted by Crippen LogP contribution is 2.27. The highest BCUT2D eigenvalue weighted by molar-refractivity contribution is 5.32. The van der Waals surface area contributed by atoms with Gasteiger partial charge in [0.05, 0.1) is 19.5 Å². The van der Waals surface area contributed by atoms with Crippen LogP contribution in [0.5, 0.6) is 5.75 Å². The highest BCUT2D eigenvalue weighted by Gasteiger charge is 2.28. The van der Waals surface area contributed by atoms with Crippen molar-refractivity contribution in [2.24, 2.45) is 5.92 Å². The fraction of sp³-hybridized carbons (Fsp3) is 0.714. The van der Waals surface area contributed by atoms with E-state index in [4.69, 9.17) is 4.74 Å². The summed E-state index contributed by atoms with van der Waals surface area (Å²) in [5, 5.41) is 3.63. The lowest BCUT2D eigenvalue weighted by Gasteiger charge is -2.34. The monoisotopic (exact) mass is 262 g/mol. The minimum absolute atomic E-state index is 0.716. The van der Waals surface area contributed by atoms with Gasteiger partial charge in [-0.05, 0) is 38.1 Å². The first-order valence-corrected chi connectivity index (χ1v) is 7.21. The van der Waals surface area contributed by atoms with Gasteiger partial charge < -0.3 is 15.0 Å². The van der Waals surface area contributed by atoms with Gasteiger partial charge in [-0.15, -0.1) is 0 Å². The van der Waals surface area contributed by atoms with Gasteiger partial charge in [-0.3, -0.25) is 0 Å². The maximum Gasteiger partial charge on any atom is 0.225 e. The predicted octanol–water partition coefficient (Wildman–Crippen LogP) is 1.45. The van der Waals surface area contributed by atoms with Crippen LogP contribution < -0.4 is 15.0 Å². The molecule has 0 aromatic carbocycles. The van der Waals surface area contributed by atoms with E-state index in [2.05, 4.69) is 20.2 Å². The lowest BCUT2D eigenvalue weighted by atomic mass is 9.89. The van der Waals surface area contributed by atoms with Crippen LogP contribution in [-0.4, -0.2) is 42.8 Å². The lowest BCUT2D eigenvalue weighted by Crippen LogP contribution is -2.41. The molecule has 1 aromatic rings. The van der Waals surface area contributed by atoms with Crippen molar-refractivity contribution < 1.29 is 4.74 Å². The minimum atomic E-state index is 0.716. The molecule has 5 heteroatoms. The summed E-state index contributed by atoms with van der Waals surface area (Å²) in [7, 11) is 1.64. The fourth-order valence-corrected chi connectivity index (χ4v) is 3.19. The van der Waals surface area contributed by atoms with E-state index in [1.165, 1.54) is 32.2 Å². The van der Waals surface area contributed by atoms with Crippen LogP contribution in [0.4, 0.5) is 5.95 Å². The van der Waals surface area contributed by atoms with Gasteiger partial charge in [0.25, 0.3) is 0 Å². The average molecular weight is 262 g/mol. The maximum atomic E-state index is 5.09. The Hall–Kier alpha value is -1.36. The molecule has 1 unspecified atom stereocenters. The summed E-state index contributed by atoms with van der Waals surface area (Å²) >= 11 is 0. The molecule has 0 saturated carbocycles. The second-order valence-electron chi connectivity index (χ2n) is 5.45. The Labute approximate surface area is 114 Å². The van der Waals surface area contributed by atoms with E-state index in [0.29, 0.717) is 5.75 Å². The smallest absolute Gasteiger partial charge is 0.225 e. The zero-order valence-electron chi connectivity index (χ0n) is 11.5. The van der Waals surface area contributed by atoms with Gasteiger partial charge in [-0.25, -0.2) is 9.97 Å². The average Bonchev–Trinajstić information content (AvgIpc) is 3.02. The summed E-state index contributed by atoms with van der Waals surface area (Å²) in [5.74, 6) is 2.38. The van der Waals surface area contributed by atoms with Crippen LogP contribution in [0.2, 0.25) is 0 Å². The molecule has 1 atom stereocenters. The number of ether oxygens (including phenoxy) is 1. The molecule has 0 bridgehead atoms. The Bertz CT molecular complexity index is 394. The van der Waals surface area contributed by atoms with E-state index in [-0.39, 0.29) is 0 Å². The van der Waals surface area contributed by atoms with E-state index in [1.807, 2.05) is 0 Å². The highest BCUT2D eigenvalue weighted by atomic mass is 16.5. The normalized spacial score (nSPS) is 24.7. The first-order valence-electron chi connectivity index (χ1n) is 7.21. The quantitative estimate of drug-likeness (QED) is 0.893. The van der Waals surface area contributed by atoms with E-state index in [0.717, 1.165) is 31.0 Å². The van der Waals surface area contributed by atoms with E-state index in [1.54, 1.807) is 19.5 Å². The number of methoxy groups -OCH3 is 1. The molecule has 19 heavy (non-hydrogen) atoms. The zero-order chi connectivity index (χ0) is 13.1. The molecule has 2 saturated heterocycles. The minimum Gasteiger partial charge on any atom is -0.494 e. The van der Waals surface area contributed by atoms with Gasteiger partial charge in [-0.2, -0.15) is 0 Å². The first-order chi connectivity index (χ1) is 9.36. The van der Waals surface area contributed by atoms with Gasteiger partial charge in [0.2, 0.25) is 5.95 Å². The Balaban J connectivity index is 1.56. The van der Waals surface area contributed by atoms with Crippen molar-refractivity contribution in [1.29, 1.82) is 0 Å². The van der Waals surface area contributed by atoms with Crippen LogP contribution in [0.1, 0.15) is 25.7 Å². The molecule has 5 nitrogen and oxygen atoms in total. The number of nitrogens with zero attached hydrogens (tertiary/aromatic N) is 3.